The fraction of sp³-hybridized carbons (Fsp3) is 0.294. The molecule has 2 rings (SSSR count). The van der Waals surface area contributed by atoms with Gasteiger partial charge in [-0.1, -0.05) is 60.7 Å². The minimum atomic E-state index is 0.0681. The molecule has 2 atom stereocenters. The second-order valence-corrected chi connectivity index (χ2v) is 4.82. The van der Waals surface area contributed by atoms with Crippen molar-refractivity contribution in [2.24, 2.45) is 0 Å². The highest BCUT2D eigenvalue weighted by Crippen LogP contribution is 2.29. The maximum absolute atomic E-state index is 9.59. The van der Waals surface area contributed by atoms with Crippen molar-refractivity contribution < 1.29 is 10.2 Å². The fourth-order valence-corrected chi connectivity index (χ4v) is 2.43. The largest absolute Gasteiger partial charge is 0.396 e. The maximum atomic E-state index is 9.59. The second-order valence-electron chi connectivity index (χ2n) is 4.82. The number of aliphatic hydroxyl groups excluding tert-OH is 2. The van der Waals surface area contributed by atoms with Crippen LogP contribution >= 0.6 is 0 Å². The van der Waals surface area contributed by atoms with Crippen LogP contribution in [0.1, 0.15) is 29.4 Å². The summed E-state index contributed by atoms with van der Waals surface area (Å²) in [4.78, 5) is 0. The van der Waals surface area contributed by atoms with Gasteiger partial charge in [0.15, 0.2) is 0 Å². The summed E-state index contributed by atoms with van der Waals surface area (Å²) in [5, 5.41) is 19.2. The van der Waals surface area contributed by atoms with Crippen LogP contribution in [0.2, 0.25) is 0 Å². The highest BCUT2D eigenvalue weighted by Gasteiger charge is 2.18. The van der Waals surface area contributed by atoms with E-state index in [4.69, 9.17) is 0 Å². The first-order valence-corrected chi connectivity index (χ1v) is 6.66. The summed E-state index contributed by atoms with van der Waals surface area (Å²) >= 11 is 0. The lowest BCUT2D eigenvalue weighted by atomic mass is 9.86. The summed E-state index contributed by atoms with van der Waals surface area (Å²) in [5.41, 5.74) is 2.25. The Labute approximate surface area is 114 Å². The van der Waals surface area contributed by atoms with E-state index in [9.17, 15) is 10.2 Å². The minimum absolute atomic E-state index is 0.0681. The van der Waals surface area contributed by atoms with Gasteiger partial charge in [-0.25, -0.2) is 0 Å². The minimum Gasteiger partial charge on any atom is -0.396 e. The Balaban J connectivity index is 2.13. The highest BCUT2D eigenvalue weighted by molar-refractivity contribution is 5.23. The first-order chi connectivity index (χ1) is 9.35. The van der Waals surface area contributed by atoms with E-state index in [-0.39, 0.29) is 25.0 Å². The Kier molecular flexibility index (Phi) is 5.13. The molecule has 0 bridgehead atoms. The van der Waals surface area contributed by atoms with E-state index in [2.05, 4.69) is 0 Å². The molecule has 0 aliphatic heterocycles. The quantitative estimate of drug-likeness (QED) is 0.834. The third-order valence-electron chi connectivity index (χ3n) is 3.55. The number of hydrogen-bond acceptors (Lipinski definition) is 2. The molecule has 0 heterocycles. The smallest absolute Gasteiger partial charge is 0.0499 e. The van der Waals surface area contributed by atoms with Crippen LogP contribution in [0.15, 0.2) is 60.7 Å². The van der Waals surface area contributed by atoms with Gasteiger partial charge in [0.1, 0.15) is 0 Å². The Morgan fingerprint density at radius 2 is 1.00 bits per heavy atom. The summed E-state index contributed by atoms with van der Waals surface area (Å²) in [5.74, 6) is 0.136. The van der Waals surface area contributed by atoms with Gasteiger partial charge >= 0.3 is 0 Å². The summed E-state index contributed by atoms with van der Waals surface area (Å²) in [6.07, 6.45) is 0.751. The lowest BCUT2D eigenvalue weighted by molar-refractivity contribution is 0.220. The third kappa shape index (κ3) is 3.66. The van der Waals surface area contributed by atoms with Crippen LogP contribution in [0.3, 0.4) is 0 Å². The van der Waals surface area contributed by atoms with E-state index in [1.807, 2.05) is 60.7 Å². The predicted molar refractivity (Wildman–Crippen MR) is 77.2 cm³/mol. The molecule has 2 unspecified atom stereocenters. The van der Waals surface area contributed by atoms with Crippen molar-refractivity contribution in [3.8, 4) is 0 Å². The Morgan fingerprint density at radius 1 is 0.632 bits per heavy atom. The zero-order valence-corrected chi connectivity index (χ0v) is 10.9. The maximum Gasteiger partial charge on any atom is 0.0499 e. The van der Waals surface area contributed by atoms with Crippen LogP contribution < -0.4 is 0 Å². The molecule has 0 amide bonds. The monoisotopic (exact) mass is 256 g/mol. The normalized spacial score (nSPS) is 14.0. The molecule has 0 spiro atoms. The molecule has 2 aromatic rings. The van der Waals surface area contributed by atoms with Gasteiger partial charge in [-0.15, -0.1) is 0 Å². The van der Waals surface area contributed by atoms with E-state index in [1.54, 1.807) is 0 Å². The first kappa shape index (κ1) is 13.8. The van der Waals surface area contributed by atoms with Gasteiger partial charge in [-0.05, 0) is 17.5 Å². The summed E-state index contributed by atoms with van der Waals surface area (Å²) in [6, 6.07) is 20.0. The van der Waals surface area contributed by atoms with Crippen molar-refractivity contribution in [1.29, 1.82) is 0 Å². The summed E-state index contributed by atoms with van der Waals surface area (Å²) in [7, 11) is 0. The Morgan fingerprint density at radius 3 is 1.32 bits per heavy atom. The zero-order chi connectivity index (χ0) is 13.5. The fourth-order valence-electron chi connectivity index (χ4n) is 2.43. The molecule has 0 aliphatic rings. The summed E-state index contributed by atoms with van der Waals surface area (Å²) < 4.78 is 0. The van der Waals surface area contributed by atoms with E-state index in [1.165, 1.54) is 0 Å². The van der Waals surface area contributed by atoms with Crippen LogP contribution in [-0.4, -0.2) is 23.4 Å². The predicted octanol–water partition coefficient (Wildman–Crippen LogP) is 2.93. The zero-order valence-electron chi connectivity index (χ0n) is 10.9. The van der Waals surface area contributed by atoms with Gasteiger partial charge < -0.3 is 10.2 Å². The van der Waals surface area contributed by atoms with E-state index >= 15 is 0 Å². The van der Waals surface area contributed by atoms with Crippen LogP contribution in [0, 0.1) is 0 Å². The molecule has 2 heteroatoms. The lowest BCUT2D eigenvalue weighted by Gasteiger charge is -2.21. The lowest BCUT2D eigenvalue weighted by Crippen LogP contribution is -2.13. The van der Waals surface area contributed by atoms with Crippen LogP contribution in [0.5, 0.6) is 0 Å². The molecule has 100 valence electrons. The molecule has 0 aromatic heterocycles. The average molecular weight is 256 g/mol. The third-order valence-corrected chi connectivity index (χ3v) is 3.55. The van der Waals surface area contributed by atoms with Gasteiger partial charge in [0.25, 0.3) is 0 Å². The molecule has 19 heavy (non-hydrogen) atoms. The van der Waals surface area contributed by atoms with Gasteiger partial charge in [0, 0.05) is 25.0 Å². The van der Waals surface area contributed by atoms with Crippen molar-refractivity contribution in [3.63, 3.8) is 0 Å². The first-order valence-electron chi connectivity index (χ1n) is 6.66. The van der Waals surface area contributed by atoms with Crippen LogP contribution in [-0.2, 0) is 0 Å². The molecule has 2 aromatic carbocycles. The van der Waals surface area contributed by atoms with Gasteiger partial charge in [0.05, 0.1) is 0 Å². The number of hydrogen-bond donors (Lipinski definition) is 2. The molecule has 0 fully saturated rings. The van der Waals surface area contributed by atoms with Crippen LogP contribution in [0.25, 0.3) is 0 Å². The van der Waals surface area contributed by atoms with Crippen molar-refractivity contribution in [3.05, 3.63) is 71.8 Å². The Bertz CT molecular complexity index is 422. The van der Waals surface area contributed by atoms with Gasteiger partial charge in [-0.3, -0.25) is 0 Å². The number of benzene rings is 2. The Hall–Kier alpha value is -1.64. The SMILES string of the molecule is OCC(CC(CO)c1ccccc1)c1ccccc1. The molecule has 2 N–H and O–H groups in total. The van der Waals surface area contributed by atoms with Gasteiger partial charge in [0.2, 0.25) is 0 Å². The molecule has 0 radical (unpaired) electrons. The average Bonchev–Trinajstić information content (AvgIpc) is 2.50. The summed E-state index contributed by atoms with van der Waals surface area (Å²) in [6.45, 7) is 0.209. The van der Waals surface area contributed by atoms with Crippen molar-refractivity contribution in [2.75, 3.05) is 13.2 Å². The molecular formula is C17H20O2. The van der Waals surface area contributed by atoms with E-state index in [0.717, 1.165) is 17.5 Å². The molecule has 0 saturated heterocycles. The van der Waals surface area contributed by atoms with E-state index in [0.29, 0.717) is 0 Å². The second kappa shape index (κ2) is 7.07. The van der Waals surface area contributed by atoms with E-state index < -0.39 is 0 Å². The van der Waals surface area contributed by atoms with Crippen molar-refractivity contribution >= 4 is 0 Å². The molecule has 0 saturated carbocycles. The molecule has 2 nitrogen and oxygen atoms in total. The van der Waals surface area contributed by atoms with Crippen molar-refractivity contribution in [1.82, 2.24) is 0 Å². The highest BCUT2D eigenvalue weighted by atomic mass is 16.3. The van der Waals surface area contributed by atoms with Gasteiger partial charge in [-0.2, -0.15) is 0 Å². The van der Waals surface area contributed by atoms with Crippen molar-refractivity contribution in [2.45, 2.75) is 18.3 Å². The number of aliphatic hydroxyl groups is 2. The number of rotatable bonds is 6. The molecular weight excluding hydrogens is 236 g/mol. The molecule has 0 aliphatic carbocycles. The standard InChI is InChI=1S/C17H20O2/c18-12-16(14-7-3-1-4-8-14)11-17(13-19)15-9-5-2-6-10-15/h1-10,16-19H,11-13H2. The van der Waals surface area contributed by atoms with Crippen LogP contribution in [0.4, 0.5) is 0 Å². The topological polar surface area (TPSA) is 40.5 Å².